The van der Waals surface area contributed by atoms with Crippen LogP contribution >= 0.6 is 0 Å². The molecule has 168 valence electrons. The summed E-state index contributed by atoms with van der Waals surface area (Å²) in [5, 5.41) is 12.2. The third kappa shape index (κ3) is 4.37. The van der Waals surface area contributed by atoms with Crippen LogP contribution in [0.2, 0.25) is 0 Å². The molecule has 1 aliphatic heterocycles. The Kier molecular flexibility index (Phi) is 6.39. The van der Waals surface area contributed by atoms with Gasteiger partial charge in [-0.15, -0.1) is 0 Å². The molecule has 3 rings (SSSR count). The van der Waals surface area contributed by atoms with Gasteiger partial charge in [0.15, 0.2) is 0 Å². The van der Waals surface area contributed by atoms with Crippen molar-refractivity contribution >= 4 is 29.4 Å². The number of hydrogen-bond acceptors (Lipinski definition) is 6. The number of pyridine rings is 1. The van der Waals surface area contributed by atoms with E-state index in [4.69, 9.17) is 0 Å². The van der Waals surface area contributed by atoms with Crippen LogP contribution in [-0.2, 0) is 15.8 Å². The van der Waals surface area contributed by atoms with Crippen molar-refractivity contribution in [1.82, 2.24) is 4.98 Å². The second kappa shape index (κ2) is 8.86. The Labute approximate surface area is 183 Å². The van der Waals surface area contributed by atoms with Gasteiger partial charge in [-0.3, -0.25) is 4.79 Å². The number of rotatable bonds is 4. The van der Waals surface area contributed by atoms with Gasteiger partial charge in [0.1, 0.15) is 29.8 Å². The summed E-state index contributed by atoms with van der Waals surface area (Å²) in [5.74, 6) is -0.679. The van der Waals surface area contributed by atoms with Crippen molar-refractivity contribution < 1.29 is 22.8 Å². The lowest BCUT2D eigenvalue weighted by Gasteiger charge is -2.36. The monoisotopic (exact) mass is 445 g/mol. The van der Waals surface area contributed by atoms with Crippen molar-refractivity contribution in [1.29, 1.82) is 5.26 Å². The second-order valence-corrected chi connectivity index (χ2v) is 7.58. The number of nitriles is 1. The van der Waals surface area contributed by atoms with Gasteiger partial charge in [0.25, 0.3) is 0 Å². The van der Waals surface area contributed by atoms with E-state index < -0.39 is 23.3 Å². The molecule has 1 atom stereocenters. The minimum absolute atomic E-state index is 0.0639. The quantitative estimate of drug-likeness (QED) is 0.726. The zero-order valence-corrected chi connectivity index (χ0v) is 17.8. The van der Waals surface area contributed by atoms with Gasteiger partial charge < -0.3 is 19.9 Å². The molecule has 32 heavy (non-hydrogen) atoms. The maximum absolute atomic E-state index is 13.4. The van der Waals surface area contributed by atoms with Gasteiger partial charge in [-0.05, 0) is 38.0 Å². The molecule has 1 amide bonds. The normalized spacial score (nSPS) is 16.7. The number of aromatic nitrogens is 1. The molecule has 2 heterocycles. The summed E-state index contributed by atoms with van der Waals surface area (Å²) in [7, 11) is 1.57. The number of aryl methyl sites for hydroxylation is 2. The van der Waals surface area contributed by atoms with Gasteiger partial charge >= 0.3 is 6.18 Å². The van der Waals surface area contributed by atoms with Crippen molar-refractivity contribution in [3.63, 3.8) is 0 Å². The Balaban J connectivity index is 2.05. The number of nitrogens with zero attached hydrogens (tertiary/aromatic N) is 4. The topological polar surface area (TPSA) is 89.3 Å². The summed E-state index contributed by atoms with van der Waals surface area (Å²) in [5.41, 5.74) is 0.509. The van der Waals surface area contributed by atoms with Gasteiger partial charge in [0.2, 0.25) is 5.91 Å². The lowest BCUT2D eigenvalue weighted by Crippen LogP contribution is -2.46. The zero-order chi connectivity index (χ0) is 23.6. The van der Waals surface area contributed by atoms with Crippen molar-refractivity contribution in [3.05, 3.63) is 46.6 Å². The summed E-state index contributed by atoms with van der Waals surface area (Å²) in [6.45, 7) is 3.66. The van der Waals surface area contributed by atoms with Gasteiger partial charge in [-0.1, -0.05) is 12.1 Å². The number of para-hydroxylation sites is 1. The molecule has 7 nitrogen and oxygen atoms in total. The minimum atomic E-state index is -4.74. The molecule has 0 bridgehead atoms. The van der Waals surface area contributed by atoms with Crippen molar-refractivity contribution in [2.24, 2.45) is 0 Å². The van der Waals surface area contributed by atoms with Crippen LogP contribution in [0.25, 0.3) is 0 Å². The molecule has 0 saturated carbocycles. The molecule has 10 heteroatoms. The summed E-state index contributed by atoms with van der Waals surface area (Å²) in [6, 6.07) is 6.82. The Hall–Kier alpha value is -3.61. The predicted molar refractivity (Wildman–Crippen MR) is 114 cm³/mol. The number of benzene rings is 1. The molecule has 0 saturated heterocycles. The molecular formula is C22H22F3N5O2. The van der Waals surface area contributed by atoms with Gasteiger partial charge in [-0.2, -0.15) is 18.4 Å². The van der Waals surface area contributed by atoms with E-state index in [2.05, 4.69) is 10.3 Å². The number of likely N-dealkylation sites (N-methyl/N-ethyl adjacent to an activating group) is 1. The van der Waals surface area contributed by atoms with Crippen LogP contribution in [0.15, 0.2) is 24.3 Å². The lowest BCUT2D eigenvalue weighted by atomic mass is 10.0. The van der Waals surface area contributed by atoms with E-state index in [1.165, 1.54) is 11.8 Å². The zero-order valence-electron chi connectivity index (χ0n) is 17.8. The SMILES string of the molecule is Cc1cc(C(F)(F)F)c(C#N)c(NC2CCN(CC=O)c3c(C)cccc3N(C)C2=O)n1. The summed E-state index contributed by atoms with van der Waals surface area (Å²) in [4.78, 5) is 31.8. The number of carbonyl (C=O) groups excluding carboxylic acids is 2. The molecule has 1 aliphatic rings. The van der Waals surface area contributed by atoms with Gasteiger partial charge in [0, 0.05) is 19.3 Å². The summed E-state index contributed by atoms with van der Waals surface area (Å²) >= 11 is 0. The second-order valence-electron chi connectivity index (χ2n) is 7.58. The van der Waals surface area contributed by atoms with Crippen molar-refractivity contribution in [2.45, 2.75) is 32.5 Å². The van der Waals surface area contributed by atoms with E-state index in [0.717, 1.165) is 23.6 Å². The first kappa shape index (κ1) is 23.1. The number of anilines is 3. The number of hydrogen-bond donors (Lipinski definition) is 1. The van der Waals surface area contributed by atoms with E-state index in [1.807, 2.05) is 17.9 Å². The van der Waals surface area contributed by atoms with Crippen LogP contribution in [0.1, 0.15) is 28.8 Å². The highest BCUT2D eigenvalue weighted by Gasteiger charge is 2.37. The third-order valence-corrected chi connectivity index (χ3v) is 5.38. The molecule has 0 aliphatic carbocycles. The van der Waals surface area contributed by atoms with Gasteiger partial charge in [-0.25, -0.2) is 4.98 Å². The Morgan fingerprint density at radius 1 is 1.34 bits per heavy atom. The Morgan fingerprint density at radius 2 is 2.06 bits per heavy atom. The van der Waals surface area contributed by atoms with Crippen molar-refractivity contribution in [2.75, 3.05) is 35.3 Å². The Bertz CT molecular complexity index is 1090. The van der Waals surface area contributed by atoms with E-state index in [0.29, 0.717) is 12.2 Å². The number of aldehydes is 1. The molecule has 0 radical (unpaired) electrons. The number of amides is 1. The van der Waals surface area contributed by atoms with E-state index in [-0.39, 0.29) is 30.4 Å². The van der Waals surface area contributed by atoms with Crippen molar-refractivity contribution in [3.8, 4) is 6.07 Å². The number of carbonyl (C=O) groups is 2. The fourth-order valence-corrected chi connectivity index (χ4v) is 3.88. The van der Waals surface area contributed by atoms with Crippen LogP contribution in [0.5, 0.6) is 0 Å². The molecular weight excluding hydrogens is 423 g/mol. The fourth-order valence-electron chi connectivity index (χ4n) is 3.88. The number of alkyl halides is 3. The molecule has 0 fully saturated rings. The highest BCUT2D eigenvalue weighted by molar-refractivity contribution is 6.02. The van der Waals surface area contributed by atoms with Crippen LogP contribution in [0.3, 0.4) is 0 Å². The van der Waals surface area contributed by atoms with E-state index in [1.54, 1.807) is 25.2 Å². The van der Waals surface area contributed by atoms with Crippen LogP contribution < -0.4 is 15.1 Å². The summed E-state index contributed by atoms with van der Waals surface area (Å²) < 4.78 is 40.3. The first-order valence-corrected chi connectivity index (χ1v) is 9.89. The van der Waals surface area contributed by atoms with Crippen LogP contribution in [-0.4, -0.2) is 43.4 Å². The molecule has 1 unspecified atom stereocenters. The molecule has 1 aromatic heterocycles. The standard InChI is InChI=1S/C22H22F3N5O2/c1-13-5-4-6-18-19(13)30(9-10-31)8-7-17(21(32)29(18)3)28-20-15(12-26)16(22(23,24)25)11-14(2)27-20/h4-6,10-11,17H,7-9H2,1-3H3,(H,27,28). The smallest absolute Gasteiger partial charge is 0.363 e. The first-order valence-electron chi connectivity index (χ1n) is 9.89. The predicted octanol–water partition coefficient (Wildman–Crippen LogP) is 3.44. The highest BCUT2D eigenvalue weighted by atomic mass is 19.4. The van der Waals surface area contributed by atoms with Gasteiger partial charge in [0.05, 0.1) is 23.5 Å². The number of nitrogens with one attached hydrogen (secondary N) is 1. The molecule has 2 aromatic rings. The number of halogens is 3. The maximum Gasteiger partial charge on any atom is 0.417 e. The highest BCUT2D eigenvalue weighted by Crippen LogP contribution is 2.37. The third-order valence-electron chi connectivity index (χ3n) is 5.38. The maximum atomic E-state index is 13.4. The summed E-state index contributed by atoms with van der Waals surface area (Å²) in [6.07, 6.45) is -3.80. The van der Waals surface area contributed by atoms with Crippen LogP contribution in [0, 0.1) is 25.2 Å². The fraction of sp³-hybridized carbons (Fsp3) is 0.364. The number of fused-ring (bicyclic) bond motifs is 1. The van der Waals surface area contributed by atoms with E-state index in [9.17, 15) is 28.0 Å². The molecule has 1 N–H and O–H groups in total. The van der Waals surface area contributed by atoms with Crippen LogP contribution in [0.4, 0.5) is 30.4 Å². The van der Waals surface area contributed by atoms with E-state index >= 15 is 0 Å². The Morgan fingerprint density at radius 3 is 2.69 bits per heavy atom. The molecule has 1 aromatic carbocycles. The lowest BCUT2D eigenvalue weighted by molar-refractivity contribution is -0.137. The minimum Gasteiger partial charge on any atom is -0.363 e. The average Bonchev–Trinajstić information content (AvgIpc) is 2.73. The largest absolute Gasteiger partial charge is 0.417 e. The molecule has 0 spiro atoms. The first-order chi connectivity index (χ1) is 15.1. The average molecular weight is 445 g/mol.